The van der Waals surface area contributed by atoms with Crippen molar-refractivity contribution in [2.75, 3.05) is 13.1 Å². The van der Waals surface area contributed by atoms with Crippen molar-refractivity contribution in [2.45, 2.75) is 25.8 Å². The van der Waals surface area contributed by atoms with E-state index in [1.807, 2.05) is 6.07 Å². The van der Waals surface area contributed by atoms with Crippen LogP contribution in [0.25, 0.3) is 0 Å². The fraction of sp³-hybridized carbons (Fsp3) is 0.462. The molecule has 3 heteroatoms. The Morgan fingerprint density at radius 2 is 1.81 bits per heavy atom. The number of Topliss-reactive ketones (excluding diaryl/α,β-unsaturated/α-hetero) is 1. The van der Waals surface area contributed by atoms with Crippen LogP contribution in [0, 0.1) is 0 Å². The number of hydrogen-bond donors (Lipinski definition) is 0. The molecule has 0 amide bonds. The molecule has 1 aliphatic rings. The summed E-state index contributed by atoms with van der Waals surface area (Å²) in [5.74, 6) is 0.422. The van der Waals surface area contributed by atoms with Gasteiger partial charge in [-0.15, -0.1) is 12.4 Å². The third-order valence-corrected chi connectivity index (χ3v) is 2.89. The third kappa shape index (κ3) is 3.95. The first-order chi connectivity index (χ1) is 7.34. The van der Waals surface area contributed by atoms with Gasteiger partial charge in [0.25, 0.3) is 0 Å². The second-order valence-corrected chi connectivity index (χ2v) is 4.15. The normalized spacial score (nSPS) is 17.6. The van der Waals surface area contributed by atoms with Crippen molar-refractivity contribution in [2.24, 2.45) is 0 Å². The number of ketones is 1. The van der Waals surface area contributed by atoms with E-state index in [9.17, 15) is 4.79 Å². The summed E-state index contributed by atoms with van der Waals surface area (Å²) in [5, 5.41) is 0. The number of carbonyl (C=O) groups is 1. The van der Waals surface area contributed by atoms with Gasteiger partial charge in [0.15, 0.2) is 0 Å². The van der Waals surface area contributed by atoms with Gasteiger partial charge >= 0.3 is 0 Å². The molecule has 1 saturated heterocycles. The molecular formula is C13H18ClNO. The highest BCUT2D eigenvalue weighted by Crippen LogP contribution is 2.10. The number of carbonyl (C=O) groups excluding carboxylic acids is 1. The van der Waals surface area contributed by atoms with E-state index in [0.717, 1.165) is 38.9 Å². The number of likely N-dealkylation sites (tertiary alicyclic amines) is 1. The summed E-state index contributed by atoms with van der Waals surface area (Å²) < 4.78 is 0. The second kappa shape index (κ2) is 6.66. The minimum Gasteiger partial charge on any atom is -0.300 e. The third-order valence-electron chi connectivity index (χ3n) is 2.89. The molecule has 0 radical (unpaired) electrons. The van der Waals surface area contributed by atoms with Crippen LogP contribution in [0.1, 0.15) is 24.8 Å². The van der Waals surface area contributed by atoms with Gasteiger partial charge in [0, 0.05) is 25.9 Å². The maximum atomic E-state index is 11.3. The monoisotopic (exact) mass is 239 g/mol. The Kier molecular flexibility index (Phi) is 5.50. The summed E-state index contributed by atoms with van der Waals surface area (Å²) in [6.07, 6.45) is 2.52. The van der Waals surface area contributed by atoms with E-state index in [2.05, 4.69) is 29.2 Å². The van der Waals surface area contributed by atoms with Gasteiger partial charge in [-0.25, -0.2) is 0 Å². The zero-order valence-corrected chi connectivity index (χ0v) is 10.2. The van der Waals surface area contributed by atoms with Crippen molar-refractivity contribution in [1.82, 2.24) is 4.90 Å². The minimum atomic E-state index is 0. The van der Waals surface area contributed by atoms with Crippen molar-refractivity contribution in [3.05, 3.63) is 35.9 Å². The van der Waals surface area contributed by atoms with Crippen LogP contribution in [0.15, 0.2) is 30.3 Å². The largest absolute Gasteiger partial charge is 0.300 e. The summed E-state index contributed by atoms with van der Waals surface area (Å²) in [6, 6.07) is 10.5. The van der Waals surface area contributed by atoms with Gasteiger partial charge in [0.2, 0.25) is 0 Å². The Hall–Kier alpha value is -0.860. The summed E-state index contributed by atoms with van der Waals surface area (Å²) in [4.78, 5) is 13.6. The zero-order valence-electron chi connectivity index (χ0n) is 9.39. The van der Waals surface area contributed by atoms with Gasteiger partial charge in [-0.1, -0.05) is 30.3 Å². The fourth-order valence-electron chi connectivity index (χ4n) is 2.02. The first-order valence-electron chi connectivity index (χ1n) is 5.62. The lowest BCUT2D eigenvalue weighted by Gasteiger charge is -2.19. The standard InChI is InChI=1S/C13H17NO.ClH/c15-13-7-4-9-14(10-8-13)11-12-5-2-1-3-6-12;/h1-3,5-6H,4,7-11H2;1H. The van der Waals surface area contributed by atoms with Crippen molar-refractivity contribution >= 4 is 18.2 Å². The Bertz CT molecular complexity index is 326. The molecule has 1 aromatic rings. The molecule has 0 aliphatic carbocycles. The highest BCUT2D eigenvalue weighted by Gasteiger charge is 2.13. The van der Waals surface area contributed by atoms with Gasteiger partial charge in [-0.05, 0) is 18.5 Å². The van der Waals surface area contributed by atoms with E-state index in [1.165, 1.54) is 5.56 Å². The van der Waals surface area contributed by atoms with Crippen LogP contribution in [-0.4, -0.2) is 23.8 Å². The highest BCUT2D eigenvalue weighted by molar-refractivity contribution is 5.85. The molecule has 0 spiro atoms. The van der Waals surface area contributed by atoms with Gasteiger partial charge < -0.3 is 0 Å². The van der Waals surface area contributed by atoms with Crippen LogP contribution in [-0.2, 0) is 11.3 Å². The molecule has 2 rings (SSSR count). The average molecular weight is 240 g/mol. The molecule has 0 saturated carbocycles. The van der Waals surface area contributed by atoms with E-state index in [-0.39, 0.29) is 12.4 Å². The van der Waals surface area contributed by atoms with Crippen LogP contribution >= 0.6 is 12.4 Å². The molecule has 1 fully saturated rings. The quantitative estimate of drug-likeness (QED) is 0.791. The molecule has 0 bridgehead atoms. The highest BCUT2D eigenvalue weighted by atomic mass is 35.5. The SMILES string of the molecule is Cl.O=C1CCCN(Cc2ccccc2)CC1. The molecule has 0 aromatic heterocycles. The van der Waals surface area contributed by atoms with E-state index >= 15 is 0 Å². The molecule has 16 heavy (non-hydrogen) atoms. The molecule has 2 nitrogen and oxygen atoms in total. The summed E-state index contributed by atoms with van der Waals surface area (Å²) in [7, 11) is 0. The van der Waals surface area contributed by atoms with Crippen LogP contribution < -0.4 is 0 Å². The fourth-order valence-corrected chi connectivity index (χ4v) is 2.02. The second-order valence-electron chi connectivity index (χ2n) is 4.15. The lowest BCUT2D eigenvalue weighted by atomic mass is 10.2. The zero-order chi connectivity index (χ0) is 10.5. The molecule has 88 valence electrons. The molecule has 0 unspecified atom stereocenters. The van der Waals surface area contributed by atoms with Crippen LogP contribution in [0.3, 0.4) is 0 Å². The smallest absolute Gasteiger partial charge is 0.134 e. The predicted molar refractivity (Wildman–Crippen MR) is 67.8 cm³/mol. The van der Waals surface area contributed by atoms with Gasteiger partial charge in [-0.2, -0.15) is 0 Å². The number of hydrogen-bond acceptors (Lipinski definition) is 2. The van der Waals surface area contributed by atoms with Crippen molar-refractivity contribution in [3.8, 4) is 0 Å². The van der Waals surface area contributed by atoms with E-state index in [0.29, 0.717) is 5.78 Å². The Morgan fingerprint density at radius 3 is 2.56 bits per heavy atom. The van der Waals surface area contributed by atoms with Crippen molar-refractivity contribution in [3.63, 3.8) is 0 Å². The maximum Gasteiger partial charge on any atom is 0.134 e. The summed E-state index contributed by atoms with van der Waals surface area (Å²) in [5.41, 5.74) is 1.34. The Labute approximate surface area is 103 Å². The topological polar surface area (TPSA) is 20.3 Å². The first kappa shape index (κ1) is 13.2. The number of benzene rings is 1. The Balaban J connectivity index is 0.00000128. The van der Waals surface area contributed by atoms with E-state index in [4.69, 9.17) is 0 Å². The van der Waals surface area contributed by atoms with E-state index < -0.39 is 0 Å². The lowest BCUT2D eigenvalue weighted by Crippen LogP contribution is -2.24. The van der Waals surface area contributed by atoms with Gasteiger partial charge in [0.05, 0.1) is 0 Å². The number of nitrogens with zero attached hydrogens (tertiary/aromatic N) is 1. The average Bonchev–Trinajstić information content (AvgIpc) is 2.46. The lowest BCUT2D eigenvalue weighted by molar-refractivity contribution is -0.118. The molecular weight excluding hydrogens is 222 g/mol. The van der Waals surface area contributed by atoms with Crippen molar-refractivity contribution in [1.29, 1.82) is 0 Å². The summed E-state index contributed by atoms with van der Waals surface area (Å²) >= 11 is 0. The summed E-state index contributed by atoms with van der Waals surface area (Å²) in [6.45, 7) is 2.96. The molecule has 0 atom stereocenters. The van der Waals surface area contributed by atoms with Crippen LogP contribution in [0.4, 0.5) is 0 Å². The van der Waals surface area contributed by atoms with Gasteiger partial charge in [-0.3, -0.25) is 9.69 Å². The molecule has 1 aromatic carbocycles. The van der Waals surface area contributed by atoms with Gasteiger partial charge in [0.1, 0.15) is 5.78 Å². The van der Waals surface area contributed by atoms with Crippen LogP contribution in [0.2, 0.25) is 0 Å². The van der Waals surface area contributed by atoms with Crippen molar-refractivity contribution < 1.29 is 4.79 Å². The number of rotatable bonds is 2. The number of halogens is 1. The first-order valence-corrected chi connectivity index (χ1v) is 5.62. The molecule has 0 N–H and O–H groups in total. The Morgan fingerprint density at radius 1 is 1.06 bits per heavy atom. The molecule has 1 heterocycles. The minimum absolute atomic E-state index is 0. The molecule has 1 aliphatic heterocycles. The maximum absolute atomic E-state index is 11.3. The van der Waals surface area contributed by atoms with E-state index in [1.54, 1.807) is 0 Å². The predicted octanol–water partition coefficient (Wildman–Crippen LogP) is 2.66. The van der Waals surface area contributed by atoms with Crippen LogP contribution in [0.5, 0.6) is 0 Å².